The van der Waals surface area contributed by atoms with Crippen molar-refractivity contribution in [3.63, 3.8) is 0 Å². The molecule has 330 valence electrons. The minimum Gasteiger partial charge on any atom is -0.480 e. The van der Waals surface area contributed by atoms with Gasteiger partial charge in [0.25, 0.3) is 0 Å². The molecule has 0 fully saturated rings. The zero-order chi connectivity index (χ0) is 42.8. The number of carboxylic acid groups (broad SMARTS) is 1. The van der Waals surface area contributed by atoms with E-state index >= 15 is 0 Å². The van der Waals surface area contributed by atoms with E-state index in [1.165, 1.54) is 19.3 Å². The van der Waals surface area contributed by atoms with Gasteiger partial charge in [0.05, 0.1) is 13.2 Å². The fourth-order valence-corrected chi connectivity index (χ4v) is 6.08. The van der Waals surface area contributed by atoms with Gasteiger partial charge in [0.15, 0.2) is 6.04 Å². The Morgan fingerprint density at radius 1 is 0.569 bits per heavy atom. The summed E-state index contributed by atoms with van der Waals surface area (Å²) >= 11 is 0. The molecule has 0 saturated carbocycles. The van der Waals surface area contributed by atoms with Crippen LogP contribution < -0.4 is 5.32 Å². The number of carboxylic acids is 1. The normalized spacial score (nSPS) is 14.6. The van der Waals surface area contributed by atoms with Crippen LogP contribution in [0.5, 0.6) is 0 Å². The summed E-state index contributed by atoms with van der Waals surface area (Å²) in [5.74, 6) is -2.45. The molecule has 0 aromatic rings. The number of hydrogen-bond donors (Lipinski definition) is 4. The highest BCUT2D eigenvalue weighted by atomic mass is 31.2. The maximum absolute atomic E-state index is 12.3. The van der Waals surface area contributed by atoms with Gasteiger partial charge in [0, 0.05) is 12.8 Å². The second-order valence-electron chi connectivity index (χ2n) is 14.1. The highest BCUT2D eigenvalue weighted by molar-refractivity contribution is 7.47. The Labute approximate surface area is 350 Å². The molecule has 0 aliphatic rings. The lowest BCUT2D eigenvalue weighted by Crippen LogP contribution is -2.43. The molecular formula is C46H76NO10P. The number of nitrogens with one attached hydrogen (secondary N) is 1. The first-order chi connectivity index (χ1) is 28.1. The van der Waals surface area contributed by atoms with E-state index in [2.05, 4.69) is 104 Å². The number of allylic oxidation sites excluding steroid dienone is 14. The maximum atomic E-state index is 12.3. The summed E-state index contributed by atoms with van der Waals surface area (Å²) in [6, 6.07) is -1.57. The van der Waals surface area contributed by atoms with E-state index < -0.39 is 57.6 Å². The number of carbonyl (C=O) groups is 3. The summed E-state index contributed by atoms with van der Waals surface area (Å²) in [6.07, 6.45) is 48.9. The number of rotatable bonds is 39. The van der Waals surface area contributed by atoms with E-state index in [0.29, 0.717) is 12.8 Å². The predicted octanol–water partition coefficient (Wildman–Crippen LogP) is 11.1. The number of aliphatic carboxylic acids is 1. The zero-order valence-electron chi connectivity index (χ0n) is 35.6. The molecule has 0 radical (unpaired) electrons. The summed E-state index contributed by atoms with van der Waals surface area (Å²) in [7, 11) is -4.77. The molecule has 1 amide bonds. The van der Waals surface area contributed by atoms with Gasteiger partial charge in [-0.05, 0) is 89.9 Å². The van der Waals surface area contributed by atoms with Crippen LogP contribution in [-0.4, -0.2) is 64.9 Å². The molecule has 0 aliphatic heterocycles. The van der Waals surface area contributed by atoms with Gasteiger partial charge >= 0.3 is 19.8 Å². The molecule has 0 aromatic heterocycles. The lowest BCUT2D eigenvalue weighted by atomic mass is 10.1. The van der Waals surface area contributed by atoms with Crippen molar-refractivity contribution in [1.29, 1.82) is 0 Å². The molecule has 0 heterocycles. The van der Waals surface area contributed by atoms with Crippen LogP contribution in [0, 0.1) is 0 Å². The Hall–Kier alpha value is -3.34. The molecule has 3 atom stereocenters. The van der Waals surface area contributed by atoms with Crippen molar-refractivity contribution < 1.29 is 47.8 Å². The largest absolute Gasteiger partial charge is 0.480 e. The number of carbonyl (C=O) groups excluding carboxylic acids is 2. The molecule has 58 heavy (non-hydrogen) atoms. The van der Waals surface area contributed by atoms with Crippen molar-refractivity contribution in [2.24, 2.45) is 0 Å². The quantitative estimate of drug-likeness (QED) is 0.0202. The molecule has 11 nitrogen and oxygen atoms in total. The molecule has 4 N–H and O–H groups in total. The zero-order valence-corrected chi connectivity index (χ0v) is 36.5. The fourth-order valence-electron chi connectivity index (χ4n) is 5.31. The van der Waals surface area contributed by atoms with E-state index in [9.17, 15) is 34.1 Å². The number of amides is 1. The molecular weight excluding hydrogens is 757 g/mol. The molecule has 0 rings (SSSR count). The van der Waals surface area contributed by atoms with Crippen molar-refractivity contribution in [3.05, 3.63) is 85.1 Å². The van der Waals surface area contributed by atoms with Crippen molar-refractivity contribution in [2.45, 2.75) is 167 Å². The van der Waals surface area contributed by atoms with Crippen molar-refractivity contribution in [1.82, 2.24) is 5.32 Å². The third-order valence-corrected chi connectivity index (χ3v) is 9.62. The molecule has 0 aliphatic carbocycles. The Morgan fingerprint density at radius 2 is 1.00 bits per heavy atom. The maximum Gasteiger partial charge on any atom is 0.472 e. The van der Waals surface area contributed by atoms with Crippen LogP contribution in [0.25, 0.3) is 0 Å². The number of phosphoric acid groups is 1. The molecule has 0 spiro atoms. The molecule has 12 heteroatoms. The molecule has 0 bridgehead atoms. The van der Waals surface area contributed by atoms with E-state index in [1.807, 2.05) is 0 Å². The number of aliphatic hydroxyl groups excluding tert-OH is 1. The SMILES string of the molecule is CC/C=C\C/C=C\C/C=C\C/C=C\C/C=C\CCCCCC(=O)NC(COP(=O)(O)OCC(O)COC(=O)CCCCCCC/C=C\C/C=C\CCCCC)C(=O)O. The van der Waals surface area contributed by atoms with Crippen molar-refractivity contribution in [3.8, 4) is 0 Å². The fraction of sp³-hybridized carbons (Fsp3) is 0.630. The van der Waals surface area contributed by atoms with Crippen LogP contribution in [0.1, 0.15) is 155 Å². The summed E-state index contributed by atoms with van der Waals surface area (Å²) in [6.45, 7) is 2.39. The van der Waals surface area contributed by atoms with E-state index in [4.69, 9.17) is 13.8 Å². The molecule has 3 unspecified atom stereocenters. The number of esters is 1. The van der Waals surface area contributed by atoms with Crippen LogP contribution in [0.2, 0.25) is 0 Å². The minimum atomic E-state index is -4.77. The number of phosphoric ester groups is 1. The topological polar surface area (TPSA) is 169 Å². The molecule has 0 saturated heterocycles. The molecule has 0 aromatic carbocycles. The van der Waals surface area contributed by atoms with Gasteiger partial charge in [-0.25, -0.2) is 9.36 Å². The van der Waals surface area contributed by atoms with Crippen LogP contribution in [-0.2, 0) is 32.7 Å². The lowest BCUT2D eigenvalue weighted by molar-refractivity contribution is -0.147. The third-order valence-electron chi connectivity index (χ3n) is 8.67. The number of hydrogen-bond acceptors (Lipinski definition) is 8. The van der Waals surface area contributed by atoms with Gasteiger partial charge in [0.1, 0.15) is 12.7 Å². The van der Waals surface area contributed by atoms with Crippen LogP contribution >= 0.6 is 7.82 Å². The Balaban J connectivity index is 4.01. The number of aliphatic hydroxyl groups is 1. The van der Waals surface area contributed by atoms with Gasteiger partial charge in [-0.2, -0.15) is 0 Å². The van der Waals surface area contributed by atoms with Gasteiger partial charge in [-0.3, -0.25) is 18.6 Å². The number of ether oxygens (including phenoxy) is 1. The number of unbranched alkanes of at least 4 members (excludes halogenated alkanes) is 11. The van der Waals surface area contributed by atoms with Gasteiger partial charge in [-0.1, -0.05) is 137 Å². The van der Waals surface area contributed by atoms with Gasteiger partial charge in [-0.15, -0.1) is 0 Å². The highest BCUT2D eigenvalue weighted by Crippen LogP contribution is 2.43. The minimum absolute atomic E-state index is 0.100. The summed E-state index contributed by atoms with van der Waals surface area (Å²) < 4.78 is 26.8. The predicted molar refractivity (Wildman–Crippen MR) is 235 cm³/mol. The van der Waals surface area contributed by atoms with Crippen molar-refractivity contribution >= 4 is 25.7 Å². The summed E-state index contributed by atoms with van der Waals surface area (Å²) in [4.78, 5) is 45.9. The second-order valence-corrected chi connectivity index (χ2v) is 15.6. The Kier molecular flexibility index (Phi) is 38.1. The van der Waals surface area contributed by atoms with Crippen LogP contribution in [0.3, 0.4) is 0 Å². The van der Waals surface area contributed by atoms with Crippen LogP contribution in [0.4, 0.5) is 0 Å². The monoisotopic (exact) mass is 834 g/mol. The van der Waals surface area contributed by atoms with Crippen LogP contribution in [0.15, 0.2) is 85.1 Å². The summed E-state index contributed by atoms with van der Waals surface area (Å²) in [5.41, 5.74) is 0. The van der Waals surface area contributed by atoms with E-state index in [1.54, 1.807) is 0 Å². The van der Waals surface area contributed by atoms with E-state index in [0.717, 1.165) is 96.3 Å². The highest BCUT2D eigenvalue weighted by Gasteiger charge is 2.28. The average Bonchev–Trinajstić information content (AvgIpc) is 3.20. The average molecular weight is 834 g/mol. The first-order valence-electron chi connectivity index (χ1n) is 21.6. The van der Waals surface area contributed by atoms with E-state index in [-0.39, 0.29) is 12.8 Å². The Bertz CT molecular complexity index is 1300. The van der Waals surface area contributed by atoms with Gasteiger partial charge in [0.2, 0.25) is 5.91 Å². The summed E-state index contributed by atoms with van der Waals surface area (Å²) in [5, 5.41) is 21.8. The Morgan fingerprint density at radius 3 is 1.52 bits per heavy atom. The third kappa shape index (κ3) is 39.5. The first-order valence-corrected chi connectivity index (χ1v) is 23.1. The lowest BCUT2D eigenvalue weighted by Gasteiger charge is -2.18. The van der Waals surface area contributed by atoms with Crippen molar-refractivity contribution in [2.75, 3.05) is 19.8 Å². The smallest absolute Gasteiger partial charge is 0.472 e. The first kappa shape index (κ1) is 54.7. The standard InChI is InChI=1S/C46H76NO10P/c1-3-5-7-9-11-13-15-17-19-20-21-22-24-25-27-29-31-33-35-37-44(49)47-43(46(51)52)41-57-58(53,54)56-40-42(48)39-55-45(50)38-36-34-32-30-28-26-23-18-16-14-12-10-8-6-4-2/h5,7,11-14,17-19,21-23,25,27,42-43,48H,3-4,6,8-10,15-16,20,24,26,28-41H2,1-2H3,(H,47,49)(H,51,52)(H,53,54)/b7-5-,13-11-,14-12-,19-17-,22-21-,23-18-,27-25-. The van der Waals surface area contributed by atoms with Gasteiger partial charge < -0.3 is 25.2 Å². The second kappa shape index (κ2) is 40.4.